The van der Waals surface area contributed by atoms with Crippen LogP contribution in [0.15, 0.2) is 53.4 Å². The fourth-order valence-electron chi connectivity index (χ4n) is 4.48. The monoisotopic (exact) mass is 489 g/mol. The summed E-state index contributed by atoms with van der Waals surface area (Å²) in [5, 5.41) is 10.9. The lowest BCUT2D eigenvalue weighted by Crippen LogP contribution is -2.40. The van der Waals surface area contributed by atoms with Gasteiger partial charge in [0.1, 0.15) is 11.5 Å². The first-order valence-corrected chi connectivity index (χ1v) is 13.0. The van der Waals surface area contributed by atoms with E-state index >= 15 is 0 Å². The lowest BCUT2D eigenvalue weighted by atomic mass is 10.0. The lowest BCUT2D eigenvalue weighted by molar-refractivity contribution is 0.0730. The van der Waals surface area contributed by atoms with Crippen molar-refractivity contribution in [3.05, 3.63) is 77.0 Å². The molecule has 0 N–H and O–H groups in total. The highest BCUT2D eigenvalue weighted by atomic mass is 32.2. The lowest BCUT2D eigenvalue weighted by Gasteiger charge is -2.26. The van der Waals surface area contributed by atoms with Crippen molar-refractivity contribution in [2.75, 3.05) is 26.3 Å². The molecule has 0 spiro atoms. The van der Waals surface area contributed by atoms with Gasteiger partial charge in [-0.15, -0.1) is 5.10 Å². The van der Waals surface area contributed by atoms with Crippen molar-refractivity contribution < 1.29 is 13.2 Å². The van der Waals surface area contributed by atoms with E-state index < -0.39 is 10.0 Å². The molecule has 2 aromatic carbocycles. The first kappa shape index (κ1) is 23.5. The summed E-state index contributed by atoms with van der Waals surface area (Å²) in [6, 6.07) is 15.3. The Morgan fingerprint density at radius 1 is 0.886 bits per heavy atom. The first-order valence-electron chi connectivity index (χ1n) is 11.6. The van der Waals surface area contributed by atoms with Crippen LogP contribution in [0.25, 0.3) is 22.0 Å². The van der Waals surface area contributed by atoms with Gasteiger partial charge >= 0.3 is 0 Å². The largest absolute Gasteiger partial charge is 0.379 e. The van der Waals surface area contributed by atoms with Crippen molar-refractivity contribution in [1.29, 1.82) is 0 Å². The van der Waals surface area contributed by atoms with Crippen molar-refractivity contribution in [3.63, 3.8) is 0 Å². The van der Waals surface area contributed by atoms with E-state index in [1.807, 2.05) is 63.2 Å². The second-order valence-electron chi connectivity index (χ2n) is 8.78. The Balaban J connectivity index is 1.58. The van der Waals surface area contributed by atoms with Gasteiger partial charge in [0.05, 0.1) is 30.2 Å². The molecule has 180 valence electrons. The molecule has 0 aliphatic carbocycles. The van der Waals surface area contributed by atoms with E-state index in [9.17, 15) is 8.42 Å². The third-order valence-electron chi connectivity index (χ3n) is 6.17. The van der Waals surface area contributed by atoms with Crippen LogP contribution in [-0.2, 0) is 21.2 Å². The smallest absolute Gasteiger partial charge is 0.243 e. The van der Waals surface area contributed by atoms with Crippen molar-refractivity contribution in [2.24, 2.45) is 0 Å². The van der Waals surface area contributed by atoms with E-state index in [1.165, 1.54) is 4.31 Å². The average Bonchev–Trinajstić information content (AvgIpc) is 2.84. The molecule has 1 aliphatic rings. The number of ether oxygens (including phenoxy) is 1. The molecular formula is C26H27N5O3S. The van der Waals surface area contributed by atoms with Gasteiger partial charge in [-0.2, -0.15) is 9.40 Å². The third-order valence-corrected chi connectivity index (χ3v) is 8.21. The number of aromatic nitrogens is 4. The first-order chi connectivity index (χ1) is 16.8. The maximum Gasteiger partial charge on any atom is 0.243 e. The van der Waals surface area contributed by atoms with Gasteiger partial charge in [-0.25, -0.2) is 18.4 Å². The summed E-state index contributed by atoms with van der Waals surface area (Å²) >= 11 is 0. The summed E-state index contributed by atoms with van der Waals surface area (Å²) in [6.07, 6.45) is 0.459. The zero-order chi connectivity index (χ0) is 24.6. The van der Waals surface area contributed by atoms with E-state index in [1.54, 1.807) is 6.07 Å². The van der Waals surface area contributed by atoms with Crippen LogP contribution in [0.4, 0.5) is 0 Å². The zero-order valence-corrected chi connectivity index (χ0v) is 20.8. The van der Waals surface area contributed by atoms with Crippen molar-refractivity contribution in [1.82, 2.24) is 24.5 Å². The summed E-state index contributed by atoms with van der Waals surface area (Å²) in [5.41, 5.74) is 4.65. The molecule has 2 aromatic heterocycles. The summed E-state index contributed by atoms with van der Waals surface area (Å²) in [6.45, 7) is 7.22. The van der Waals surface area contributed by atoms with Crippen LogP contribution in [-0.4, -0.2) is 59.2 Å². The van der Waals surface area contributed by atoms with E-state index in [2.05, 4.69) is 20.2 Å². The normalized spacial score (nSPS) is 14.9. The molecule has 9 heteroatoms. The van der Waals surface area contributed by atoms with Crippen LogP contribution in [0, 0.1) is 20.8 Å². The van der Waals surface area contributed by atoms with Crippen LogP contribution >= 0.6 is 0 Å². The van der Waals surface area contributed by atoms with Crippen molar-refractivity contribution in [3.8, 4) is 11.3 Å². The fourth-order valence-corrected chi connectivity index (χ4v) is 6.14. The number of hydrogen-bond donors (Lipinski definition) is 0. The van der Waals surface area contributed by atoms with Gasteiger partial charge in [0.25, 0.3) is 0 Å². The molecule has 1 saturated heterocycles. The molecule has 0 radical (unpaired) electrons. The predicted octanol–water partition coefficient (Wildman–Crippen LogP) is 3.62. The number of morpholine rings is 1. The Hall–Kier alpha value is -3.27. The number of sulfonamides is 1. The molecule has 5 rings (SSSR count). The Kier molecular flexibility index (Phi) is 6.31. The highest BCUT2D eigenvalue weighted by molar-refractivity contribution is 7.89. The standard InChI is InChI=1S/C26H27N5O3S/c1-17-8-9-20(15-24(17)35(32,33)31-10-12-34-13-11-31)26-22-7-5-4-6-21(22)23(29-30-26)16-25-27-18(2)14-19(3)28-25/h4-9,14-15H,10-13,16H2,1-3H3. The van der Waals surface area contributed by atoms with Crippen LogP contribution in [0.3, 0.4) is 0 Å². The third kappa shape index (κ3) is 4.67. The maximum atomic E-state index is 13.4. The molecule has 0 amide bonds. The number of aryl methyl sites for hydroxylation is 3. The summed E-state index contributed by atoms with van der Waals surface area (Å²) in [5.74, 6) is 0.698. The van der Waals surface area contributed by atoms with Gasteiger partial charge < -0.3 is 4.74 Å². The average molecular weight is 490 g/mol. The molecule has 0 saturated carbocycles. The van der Waals surface area contributed by atoms with Crippen molar-refractivity contribution in [2.45, 2.75) is 32.1 Å². The van der Waals surface area contributed by atoms with Gasteiger partial charge in [-0.05, 0) is 38.5 Å². The van der Waals surface area contributed by atoms with Gasteiger partial charge in [0, 0.05) is 40.8 Å². The number of nitrogens with zero attached hydrogens (tertiary/aromatic N) is 5. The van der Waals surface area contributed by atoms with Crippen LogP contribution < -0.4 is 0 Å². The molecule has 1 fully saturated rings. The quantitative estimate of drug-likeness (QED) is 0.422. The molecule has 0 atom stereocenters. The zero-order valence-electron chi connectivity index (χ0n) is 20.0. The number of fused-ring (bicyclic) bond motifs is 1. The van der Waals surface area contributed by atoms with Crippen LogP contribution in [0.5, 0.6) is 0 Å². The molecule has 8 nitrogen and oxygen atoms in total. The minimum Gasteiger partial charge on any atom is -0.379 e. The molecule has 0 unspecified atom stereocenters. The van der Waals surface area contributed by atoms with Crippen LogP contribution in [0.2, 0.25) is 0 Å². The topological polar surface area (TPSA) is 98.2 Å². The molecular weight excluding hydrogens is 462 g/mol. The number of benzene rings is 2. The second-order valence-corrected chi connectivity index (χ2v) is 10.7. The molecule has 1 aliphatic heterocycles. The summed E-state index contributed by atoms with van der Waals surface area (Å²) in [7, 11) is -3.64. The molecule has 3 heterocycles. The Bertz CT molecular complexity index is 1490. The predicted molar refractivity (Wildman–Crippen MR) is 134 cm³/mol. The summed E-state index contributed by atoms with van der Waals surface area (Å²) < 4.78 is 33.6. The highest BCUT2D eigenvalue weighted by Crippen LogP contribution is 2.31. The Labute approximate surface area is 205 Å². The maximum absolute atomic E-state index is 13.4. The molecule has 0 bridgehead atoms. The van der Waals surface area contributed by atoms with Gasteiger partial charge in [0.2, 0.25) is 10.0 Å². The molecule has 35 heavy (non-hydrogen) atoms. The summed E-state index contributed by atoms with van der Waals surface area (Å²) in [4.78, 5) is 9.39. The SMILES string of the molecule is Cc1cc(C)nc(Cc2nnc(-c3ccc(C)c(S(=O)(=O)N4CCOCC4)c3)c3ccccc23)n1. The minimum atomic E-state index is -3.64. The van der Waals surface area contributed by atoms with E-state index in [0.29, 0.717) is 55.4 Å². The van der Waals surface area contributed by atoms with E-state index in [4.69, 9.17) is 4.74 Å². The Morgan fingerprint density at radius 2 is 1.57 bits per heavy atom. The molecule has 4 aromatic rings. The fraction of sp³-hybridized carbons (Fsp3) is 0.308. The van der Waals surface area contributed by atoms with E-state index in [0.717, 1.165) is 27.9 Å². The number of hydrogen-bond acceptors (Lipinski definition) is 7. The number of rotatable bonds is 5. The van der Waals surface area contributed by atoms with E-state index in [-0.39, 0.29) is 4.90 Å². The highest BCUT2D eigenvalue weighted by Gasteiger charge is 2.28. The van der Waals surface area contributed by atoms with Gasteiger partial charge in [0.15, 0.2) is 0 Å². The minimum absolute atomic E-state index is 0.287. The van der Waals surface area contributed by atoms with Crippen LogP contribution in [0.1, 0.15) is 28.5 Å². The Morgan fingerprint density at radius 3 is 2.29 bits per heavy atom. The van der Waals surface area contributed by atoms with Gasteiger partial charge in [-0.3, -0.25) is 0 Å². The van der Waals surface area contributed by atoms with Gasteiger partial charge in [-0.1, -0.05) is 36.4 Å². The second kappa shape index (κ2) is 9.41. The van der Waals surface area contributed by atoms with Crippen molar-refractivity contribution >= 4 is 20.8 Å².